The number of likely N-dealkylation sites (tertiary alicyclic amines) is 1. The number of rotatable bonds is 2. The summed E-state index contributed by atoms with van der Waals surface area (Å²) in [5.74, 6) is 0.796. The Morgan fingerprint density at radius 1 is 1.30 bits per heavy atom. The summed E-state index contributed by atoms with van der Waals surface area (Å²) in [4.78, 5) is 2.43. The molecule has 1 aromatic rings. The first-order valence-corrected chi connectivity index (χ1v) is 7.99. The average molecular weight is 276 g/mol. The van der Waals surface area contributed by atoms with Crippen molar-refractivity contribution in [2.45, 2.75) is 52.2 Å². The lowest BCUT2D eigenvalue weighted by molar-refractivity contribution is 0.0972. The first-order chi connectivity index (χ1) is 9.44. The van der Waals surface area contributed by atoms with E-state index in [-0.39, 0.29) is 11.5 Å². The highest BCUT2D eigenvalue weighted by molar-refractivity contribution is 5.29. The summed E-state index contributed by atoms with van der Waals surface area (Å²) in [6.45, 7) is 8.12. The van der Waals surface area contributed by atoms with Gasteiger partial charge in [-0.1, -0.05) is 13.8 Å². The van der Waals surface area contributed by atoms with Crippen LogP contribution in [0.2, 0.25) is 0 Å². The molecule has 2 heterocycles. The Bertz CT molecular complexity index is 469. The normalized spacial score (nSPS) is 27.5. The van der Waals surface area contributed by atoms with E-state index in [4.69, 9.17) is 0 Å². The fourth-order valence-electron chi connectivity index (χ4n) is 3.88. The number of aromatic nitrogens is 1. The van der Waals surface area contributed by atoms with E-state index in [1.54, 1.807) is 0 Å². The van der Waals surface area contributed by atoms with E-state index in [2.05, 4.69) is 42.6 Å². The van der Waals surface area contributed by atoms with Crippen LogP contribution in [0.1, 0.15) is 50.5 Å². The van der Waals surface area contributed by atoms with Gasteiger partial charge in [-0.3, -0.25) is 0 Å². The molecule has 2 aliphatic rings. The van der Waals surface area contributed by atoms with Gasteiger partial charge in [-0.15, -0.1) is 0 Å². The van der Waals surface area contributed by atoms with E-state index in [9.17, 15) is 5.11 Å². The molecule has 0 radical (unpaired) electrons. The van der Waals surface area contributed by atoms with Crippen LogP contribution in [-0.4, -0.2) is 34.7 Å². The molecule has 0 spiro atoms. The first kappa shape index (κ1) is 14.2. The summed E-state index contributed by atoms with van der Waals surface area (Å²) in [5.41, 5.74) is 2.78. The second-order valence-electron chi connectivity index (χ2n) is 7.68. The first-order valence-electron chi connectivity index (χ1n) is 7.99. The highest BCUT2D eigenvalue weighted by Gasteiger charge is 2.33. The molecule has 20 heavy (non-hydrogen) atoms. The van der Waals surface area contributed by atoms with Crippen molar-refractivity contribution in [2.24, 2.45) is 11.3 Å². The zero-order chi connectivity index (χ0) is 14.3. The predicted octanol–water partition coefficient (Wildman–Crippen LogP) is 2.84. The maximum atomic E-state index is 10.3. The van der Waals surface area contributed by atoms with Gasteiger partial charge in [0.15, 0.2) is 0 Å². The molecule has 0 bridgehead atoms. The molecule has 1 saturated heterocycles. The summed E-state index contributed by atoms with van der Waals surface area (Å²) in [6, 6.07) is 2.14. The van der Waals surface area contributed by atoms with Crippen LogP contribution in [0.4, 0.5) is 0 Å². The van der Waals surface area contributed by atoms with Crippen molar-refractivity contribution in [3.63, 3.8) is 0 Å². The highest BCUT2D eigenvalue weighted by atomic mass is 16.3. The summed E-state index contributed by atoms with van der Waals surface area (Å²) in [5, 5.41) is 10.3. The Morgan fingerprint density at radius 2 is 2.00 bits per heavy atom. The van der Waals surface area contributed by atoms with E-state index >= 15 is 0 Å². The minimum Gasteiger partial charge on any atom is -0.388 e. The SMILES string of the molecule is CN1CCC(Cn2ccc3c2CC(C)(C)CC3O)CC1. The molecule has 3 nitrogen and oxygen atoms in total. The van der Waals surface area contributed by atoms with Crippen molar-refractivity contribution >= 4 is 0 Å². The zero-order valence-electron chi connectivity index (χ0n) is 13.1. The lowest BCUT2D eigenvalue weighted by atomic mass is 9.75. The summed E-state index contributed by atoms with van der Waals surface area (Å²) < 4.78 is 2.43. The number of hydrogen-bond donors (Lipinski definition) is 1. The maximum absolute atomic E-state index is 10.3. The third kappa shape index (κ3) is 2.79. The van der Waals surface area contributed by atoms with Gasteiger partial charge in [0, 0.05) is 24.0 Å². The second-order valence-corrected chi connectivity index (χ2v) is 7.68. The van der Waals surface area contributed by atoms with Crippen LogP contribution in [-0.2, 0) is 13.0 Å². The minimum absolute atomic E-state index is 0.218. The standard InChI is InChI=1S/C17H28N2O/c1-17(2)10-15-14(16(20)11-17)6-9-19(15)12-13-4-7-18(3)8-5-13/h6,9,13,16,20H,4-5,7-8,10-12H2,1-3H3. The number of nitrogens with zero attached hydrogens (tertiary/aromatic N) is 2. The van der Waals surface area contributed by atoms with Crippen molar-refractivity contribution in [2.75, 3.05) is 20.1 Å². The zero-order valence-corrected chi connectivity index (χ0v) is 13.1. The molecular weight excluding hydrogens is 248 g/mol. The van der Waals surface area contributed by atoms with E-state index in [1.807, 2.05) is 0 Å². The third-order valence-electron chi connectivity index (χ3n) is 5.16. The van der Waals surface area contributed by atoms with Crippen molar-refractivity contribution in [3.8, 4) is 0 Å². The fourth-order valence-corrected chi connectivity index (χ4v) is 3.88. The predicted molar refractivity (Wildman–Crippen MR) is 81.7 cm³/mol. The minimum atomic E-state index is -0.271. The summed E-state index contributed by atoms with van der Waals surface area (Å²) in [6.07, 6.45) is 6.52. The van der Waals surface area contributed by atoms with Crippen molar-refractivity contribution in [1.82, 2.24) is 9.47 Å². The molecule has 1 unspecified atom stereocenters. The summed E-state index contributed by atoms with van der Waals surface area (Å²) >= 11 is 0. The Hall–Kier alpha value is -0.800. The molecular formula is C17H28N2O. The van der Waals surface area contributed by atoms with Crippen molar-refractivity contribution < 1.29 is 5.11 Å². The Balaban J connectivity index is 1.75. The molecule has 0 saturated carbocycles. The van der Waals surface area contributed by atoms with Crippen LogP contribution in [0, 0.1) is 11.3 Å². The lowest BCUT2D eigenvalue weighted by Crippen LogP contribution is -2.33. The van der Waals surface area contributed by atoms with Crippen molar-refractivity contribution in [1.29, 1.82) is 0 Å². The molecule has 0 aromatic carbocycles. The number of piperidine rings is 1. The van der Waals surface area contributed by atoms with Gasteiger partial charge in [0.25, 0.3) is 0 Å². The molecule has 3 rings (SSSR count). The van der Waals surface area contributed by atoms with E-state index in [0.717, 1.165) is 25.3 Å². The quantitative estimate of drug-likeness (QED) is 0.899. The molecule has 1 N–H and O–H groups in total. The Kier molecular flexibility index (Phi) is 3.67. The van der Waals surface area contributed by atoms with Gasteiger partial charge < -0.3 is 14.6 Å². The molecule has 1 aliphatic heterocycles. The average Bonchev–Trinajstić information content (AvgIpc) is 2.74. The van der Waals surface area contributed by atoms with Gasteiger partial charge in [-0.25, -0.2) is 0 Å². The largest absolute Gasteiger partial charge is 0.388 e. The van der Waals surface area contributed by atoms with Gasteiger partial charge in [-0.05, 0) is 63.2 Å². The summed E-state index contributed by atoms with van der Waals surface area (Å²) in [7, 11) is 2.21. The molecule has 112 valence electrons. The van der Waals surface area contributed by atoms with Crippen LogP contribution >= 0.6 is 0 Å². The van der Waals surface area contributed by atoms with E-state index < -0.39 is 0 Å². The Labute approximate surface area is 122 Å². The molecule has 3 heteroatoms. The van der Waals surface area contributed by atoms with Crippen LogP contribution in [0.15, 0.2) is 12.3 Å². The molecule has 1 aliphatic carbocycles. The van der Waals surface area contributed by atoms with Gasteiger partial charge in [0.1, 0.15) is 0 Å². The second kappa shape index (κ2) is 5.19. The van der Waals surface area contributed by atoms with Gasteiger partial charge in [0.05, 0.1) is 6.10 Å². The number of fused-ring (bicyclic) bond motifs is 1. The van der Waals surface area contributed by atoms with E-state index in [0.29, 0.717) is 0 Å². The van der Waals surface area contributed by atoms with Crippen molar-refractivity contribution in [3.05, 3.63) is 23.5 Å². The third-order valence-corrected chi connectivity index (χ3v) is 5.16. The van der Waals surface area contributed by atoms with Crippen LogP contribution in [0.25, 0.3) is 0 Å². The molecule has 0 amide bonds. The van der Waals surface area contributed by atoms with E-state index in [1.165, 1.54) is 37.2 Å². The number of hydrogen-bond acceptors (Lipinski definition) is 2. The topological polar surface area (TPSA) is 28.4 Å². The van der Waals surface area contributed by atoms with Crippen LogP contribution < -0.4 is 0 Å². The van der Waals surface area contributed by atoms with Gasteiger partial charge in [-0.2, -0.15) is 0 Å². The smallest absolute Gasteiger partial charge is 0.0812 e. The van der Waals surface area contributed by atoms with Crippen LogP contribution in [0.5, 0.6) is 0 Å². The molecule has 1 fully saturated rings. The van der Waals surface area contributed by atoms with Crippen LogP contribution in [0.3, 0.4) is 0 Å². The monoisotopic (exact) mass is 276 g/mol. The van der Waals surface area contributed by atoms with Gasteiger partial charge >= 0.3 is 0 Å². The Morgan fingerprint density at radius 3 is 2.70 bits per heavy atom. The number of aliphatic hydroxyl groups is 1. The number of aliphatic hydroxyl groups excluding tert-OH is 1. The molecule has 1 atom stereocenters. The van der Waals surface area contributed by atoms with Gasteiger partial charge in [0.2, 0.25) is 0 Å². The lowest BCUT2D eigenvalue weighted by Gasteiger charge is -2.35. The highest BCUT2D eigenvalue weighted by Crippen LogP contribution is 2.41. The maximum Gasteiger partial charge on any atom is 0.0812 e. The molecule has 1 aromatic heterocycles. The fraction of sp³-hybridized carbons (Fsp3) is 0.765.